The predicted octanol–water partition coefficient (Wildman–Crippen LogP) is 9.85. The molecule has 0 rings (SSSR count). The molecule has 0 aromatic heterocycles. The highest BCUT2D eigenvalue weighted by Gasteiger charge is 2.27. The number of ether oxygens (including phenoxy) is 2. The zero-order valence-electron chi connectivity index (χ0n) is 31.0. The van der Waals surface area contributed by atoms with Crippen molar-refractivity contribution in [3.8, 4) is 0 Å². The van der Waals surface area contributed by atoms with E-state index in [1.54, 1.807) is 0 Å². The number of likely N-dealkylation sites (N-methyl/N-ethyl adjacent to an activating group) is 1. The van der Waals surface area contributed by atoms with Crippen LogP contribution >= 0.6 is 7.82 Å². The minimum absolute atomic E-state index is 0.0325. The van der Waals surface area contributed by atoms with Gasteiger partial charge in [0.2, 0.25) is 0 Å². The standard InChI is InChI=1S/C37H72NO8P/c1-6-8-10-12-14-16-17-18-19-20-21-22-24-26-28-30-37(40)46-35(34-45-47(41,42)44-32-31-38(3,4)5)33-43-36(39)29-27-25-23-15-13-11-9-7-2/h18-19,35H,6-17,20-34H2,1-5H3/p+1/b19-18-. The molecule has 278 valence electrons. The molecule has 0 amide bonds. The number of rotatable bonds is 34. The van der Waals surface area contributed by atoms with Gasteiger partial charge in [-0.25, -0.2) is 4.57 Å². The third-order valence-corrected chi connectivity index (χ3v) is 9.03. The van der Waals surface area contributed by atoms with Gasteiger partial charge in [-0.15, -0.1) is 0 Å². The second-order valence-electron chi connectivity index (χ2n) is 14.0. The number of esters is 2. The third kappa shape index (κ3) is 34.4. The van der Waals surface area contributed by atoms with Gasteiger partial charge in [0.05, 0.1) is 27.7 Å². The summed E-state index contributed by atoms with van der Waals surface area (Å²) in [4.78, 5) is 35.0. The monoisotopic (exact) mass is 691 g/mol. The second-order valence-corrected chi connectivity index (χ2v) is 15.4. The Kier molecular flexibility index (Phi) is 30.0. The van der Waals surface area contributed by atoms with Crippen LogP contribution < -0.4 is 0 Å². The third-order valence-electron chi connectivity index (χ3n) is 8.05. The number of quaternary nitrogens is 1. The number of allylic oxidation sites excluding steroid dienone is 2. The second kappa shape index (κ2) is 30.8. The number of nitrogens with zero attached hydrogens (tertiary/aromatic N) is 1. The molecule has 0 aliphatic rings. The fourth-order valence-electron chi connectivity index (χ4n) is 5.01. The lowest BCUT2D eigenvalue weighted by molar-refractivity contribution is -0.870. The average molecular weight is 691 g/mol. The zero-order chi connectivity index (χ0) is 35.1. The van der Waals surface area contributed by atoms with E-state index in [1.165, 1.54) is 77.0 Å². The highest BCUT2D eigenvalue weighted by atomic mass is 31.2. The first-order valence-corrected chi connectivity index (χ1v) is 20.4. The highest BCUT2D eigenvalue weighted by Crippen LogP contribution is 2.43. The molecule has 47 heavy (non-hydrogen) atoms. The Bertz CT molecular complexity index is 830. The lowest BCUT2D eigenvalue weighted by Gasteiger charge is -2.24. The van der Waals surface area contributed by atoms with E-state index >= 15 is 0 Å². The number of unbranched alkanes of at least 4 members (excludes halogenated alkanes) is 18. The molecule has 2 atom stereocenters. The summed E-state index contributed by atoms with van der Waals surface area (Å²) in [6.07, 6.45) is 28.4. The van der Waals surface area contributed by atoms with Crippen molar-refractivity contribution in [1.82, 2.24) is 0 Å². The number of carbonyl (C=O) groups excluding carboxylic acids is 2. The predicted molar refractivity (Wildman–Crippen MR) is 192 cm³/mol. The van der Waals surface area contributed by atoms with Crippen molar-refractivity contribution < 1.29 is 42.1 Å². The van der Waals surface area contributed by atoms with E-state index in [1.807, 2.05) is 21.1 Å². The summed E-state index contributed by atoms with van der Waals surface area (Å²) >= 11 is 0. The first kappa shape index (κ1) is 45.8. The van der Waals surface area contributed by atoms with E-state index in [-0.39, 0.29) is 32.0 Å². The summed E-state index contributed by atoms with van der Waals surface area (Å²) in [6, 6.07) is 0. The smallest absolute Gasteiger partial charge is 0.462 e. The fraction of sp³-hybridized carbons (Fsp3) is 0.892. The minimum Gasteiger partial charge on any atom is -0.462 e. The quantitative estimate of drug-likeness (QED) is 0.0234. The van der Waals surface area contributed by atoms with E-state index in [9.17, 15) is 19.0 Å². The SMILES string of the molecule is CCCCCCCC/C=C\CCCCCCCC(=O)OC(COC(=O)CCCCCCCCCC)COP(=O)(O)OCC[N+](C)(C)C. The summed E-state index contributed by atoms with van der Waals surface area (Å²) < 4.78 is 34.1. The van der Waals surface area contributed by atoms with E-state index in [2.05, 4.69) is 26.0 Å². The normalized spacial score (nSPS) is 13.9. The summed E-state index contributed by atoms with van der Waals surface area (Å²) in [5, 5.41) is 0. The Balaban J connectivity index is 4.42. The molecule has 0 aromatic carbocycles. The summed E-state index contributed by atoms with van der Waals surface area (Å²) in [5.41, 5.74) is 0. The molecule has 0 spiro atoms. The van der Waals surface area contributed by atoms with Gasteiger partial charge >= 0.3 is 19.8 Å². The fourth-order valence-corrected chi connectivity index (χ4v) is 5.75. The molecule has 1 N–H and O–H groups in total. The van der Waals surface area contributed by atoms with Crippen molar-refractivity contribution >= 4 is 19.8 Å². The first-order valence-electron chi connectivity index (χ1n) is 18.9. The molecule has 0 aromatic rings. The van der Waals surface area contributed by atoms with Crippen LogP contribution in [0.5, 0.6) is 0 Å². The maximum Gasteiger partial charge on any atom is 0.472 e. The van der Waals surface area contributed by atoms with E-state index in [4.69, 9.17) is 18.5 Å². The van der Waals surface area contributed by atoms with Crippen molar-refractivity contribution in [3.63, 3.8) is 0 Å². The number of hydrogen-bond acceptors (Lipinski definition) is 7. The van der Waals surface area contributed by atoms with Gasteiger partial charge in [0.25, 0.3) is 0 Å². The summed E-state index contributed by atoms with van der Waals surface area (Å²) in [7, 11) is 1.47. The number of hydrogen-bond donors (Lipinski definition) is 1. The molecule has 2 unspecified atom stereocenters. The maximum atomic E-state index is 12.6. The van der Waals surface area contributed by atoms with Crippen LogP contribution in [0.15, 0.2) is 12.2 Å². The molecule has 0 bridgehead atoms. The molecule has 0 radical (unpaired) electrons. The molecule has 10 heteroatoms. The van der Waals surface area contributed by atoms with Crippen molar-refractivity contribution in [1.29, 1.82) is 0 Å². The lowest BCUT2D eigenvalue weighted by Crippen LogP contribution is -2.37. The molecule has 9 nitrogen and oxygen atoms in total. The minimum atomic E-state index is -4.36. The number of phosphoric acid groups is 1. The Morgan fingerprint density at radius 1 is 0.638 bits per heavy atom. The number of carbonyl (C=O) groups is 2. The maximum absolute atomic E-state index is 12.6. The Morgan fingerprint density at radius 2 is 1.09 bits per heavy atom. The van der Waals surface area contributed by atoms with Gasteiger partial charge in [0.1, 0.15) is 19.8 Å². The van der Waals surface area contributed by atoms with Crippen LogP contribution in [-0.4, -0.2) is 74.9 Å². The Labute approximate surface area is 288 Å². The van der Waals surface area contributed by atoms with Crippen molar-refractivity contribution in [2.24, 2.45) is 0 Å². The van der Waals surface area contributed by atoms with Gasteiger partial charge in [-0.3, -0.25) is 18.6 Å². The molecule has 0 heterocycles. The Morgan fingerprint density at radius 3 is 1.57 bits per heavy atom. The molecule has 0 aliphatic carbocycles. The molecular formula is C37H73NO8P+. The summed E-state index contributed by atoms with van der Waals surface area (Å²) in [5.74, 6) is -0.810. The van der Waals surface area contributed by atoms with Gasteiger partial charge in [0, 0.05) is 12.8 Å². The molecule has 0 aliphatic heterocycles. The van der Waals surface area contributed by atoms with Crippen molar-refractivity contribution in [3.05, 3.63) is 12.2 Å². The van der Waals surface area contributed by atoms with Gasteiger partial charge < -0.3 is 18.9 Å². The van der Waals surface area contributed by atoms with Crippen LogP contribution in [0, 0.1) is 0 Å². The largest absolute Gasteiger partial charge is 0.472 e. The molecule has 0 saturated carbocycles. The molecular weight excluding hydrogens is 617 g/mol. The van der Waals surface area contributed by atoms with Crippen LogP contribution in [0.2, 0.25) is 0 Å². The van der Waals surface area contributed by atoms with E-state index in [0.29, 0.717) is 17.4 Å². The van der Waals surface area contributed by atoms with Crippen LogP contribution in [0.1, 0.15) is 162 Å². The van der Waals surface area contributed by atoms with Gasteiger partial charge in [-0.2, -0.15) is 0 Å². The van der Waals surface area contributed by atoms with E-state index in [0.717, 1.165) is 51.4 Å². The summed E-state index contributed by atoms with van der Waals surface area (Å²) in [6.45, 7) is 4.36. The Hall–Kier alpha value is -1.25. The number of phosphoric ester groups is 1. The van der Waals surface area contributed by atoms with E-state index < -0.39 is 26.5 Å². The van der Waals surface area contributed by atoms with Crippen LogP contribution in [-0.2, 0) is 32.7 Å². The highest BCUT2D eigenvalue weighted by molar-refractivity contribution is 7.47. The topological polar surface area (TPSA) is 108 Å². The van der Waals surface area contributed by atoms with Gasteiger partial charge in [-0.05, 0) is 38.5 Å². The molecule has 0 fully saturated rings. The lowest BCUT2D eigenvalue weighted by atomic mass is 10.1. The van der Waals surface area contributed by atoms with Crippen LogP contribution in [0.3, 0.4) is 0 Å². The van der Waals surface area contributed by atoms with Crippen LogP contribution in [0.25, 0.3) is 0 Å². The average Bonchev–Trinajstić information content (AvgIpc) is 3.01. The van der Waals surface area contributed by atoms with Crippen molar-refractivity contribution in [2.75, 3.05) is 47.5 Å². The van der Waals surface area contributed by atoms with Gasteiger partial charge in [0.15, 0.2) is 6.10 Å². The zero-order valence-corrected chi connectivity index (χ0v) is 31.9. The molecule has 0 saturated heterocycles. The first-order chi connectivity index (χ1) is 22.5. The van der Waals surface area contributed by atoms with Crippen LogP contribution in [0.4, 0.5) is 0 Å². The van der Waals surface area contributed by atoms with Crippen molar-refractivity contribution in [2.45, 2.75) is 168 Å². The van der Waals surface area contributed by atoms with Gasteiger partial charge in [-0.1, -0.05) is 122 Å².